The SMILES string of the molecule is COc1ccc(/C=C/C(=O)c2ccc(OCCCCCOc3cc(Cl)ccc3Oc3ccc(Cl)cc3Cl)cc2)cc1OC. The Bertz CT molecular complexity index is 1550. The molecule has 0 radical (unpaired) electrons. The number of carbonyl (C=O) groups is 1. The zero-order valence-electron chi connectivity index (χ0n) is 23.8. The van der Waals surface area contributed by atoms with Crippen LogP contribution in [-0.4, -0.2) is 33.2 Å². The first-order valence-electron chi connectivity index (χ1n) is 13.6. The second kappa shape index (κ2) is 16.1. The molecule has 6 nitrogen and oxygen atoms in total. The second-order valence-corrected chi connectivity index (χ2v) is 10.6. The third-order valence-electron chi connectivity index (χ3n) is 6.31. The standard InChI is InChI=1S/C34H31Cl3O6/c1-39-31-15-7-23(20-33(31)40-2)6-14-29(38)24-8-12-27(13-9-24)41-18-4-3-5-19-42-34-22-26(36)11-17-32(34)43-30-16-10-25(35)21-28(30)37/h6-17,20-22H,3-5,18-19H2,1-2H3/b14-6+. The lowest BCUT2D eigenvalue weighted by molar-refractivity contribution is 0.104. The van der Waals surface area contributed by atoms with E-state index in [9.17, 15) is 4.79 Å². The quantitative estimate of drug-likeness (QED) is 0.0731. The first kappa shape index (κ1) is 32.1. The zero-order chi connectivity index (χ0) is 30.6. The van der Waals surface area contributed by atoms with Crippen LogP contribution in [0.1, 0.15) is 35.2 Å². The predicted octanol–water partition coefficient (Wildman–Crippen LogP) is 9.98. The van der Waals surface area contributed by atoms with Gasteiger partial charge in [-0.15, -0.1) is 0 Å². The van der Waals surface area contributed by atoms with Crippen molar-refractivity contribution in [3.63, 3.8) is 0 Å². The molecule has 43 heavy (non-hydrogen) atoms. The summed E-state index contributed by atoms with van der Waals surface area (Å²) in [5.41, 5.74) is 1.41. The predicted molar refractivity (Wildman–Crippen MR) is 172 cm³/mol. The van der Waals surface area contributed by atoms with Gasteiger partial charge in [0.1, 0.15) is 11.5 Å². The van der Waals surface area contributed by atoms with Crippen molar-refractivity contribution in [2.75, 3.05) is 27.4 Å². The van der Waals surface area contributed by atoms with Crippen LogP contribution >= 0.6 is 34.8 Å². The third-order valence-corrected chi connectivity index (χ3v) is 7.07. The van der Waals surface area contributed by atoms with E-state index in [1.54, 1.807) is 87.0 Å². The summed E-state index contributed by atoms with van der Waals surface area (Å²) in [5, 5.41) is 1.47. The fourth-order valence-corrected chi connectivity index (χ4v) is 4.66. The topological polar surface area (TPSA) is 63.2 Å². The highest BCUT2D eigenvalue weighted by Crippen LogP contribution is 2.37. The molecule has 0 fully saturated rings. The lowest BCUT2D eigenvalue weighted by Gasteiger charge is -2.14. The Morgan fingerprint density at radius 2 is 1.30 bits per heavy atom. The minimum Gasteiger partial charge on any atom is -0.494 e. The number of unbranched alkanes of at least 4 members (excludes halogenated alkanes) is 2. The van der Waals surface area contributed by atoms with Gasteiger partial charge in [-0.25, -0.2) is 0 Å². The zero-order valence-corrected chi connectivity index (χ0v) is 26.0. The summed E-state index contributed by atoms with van der Waals surface area (Å²) < 4.78 is 28.3. The molecular weight excluding hydrogens is 611 g/mol. The van der Waals surface area contributed by atoms with Crippen LogP contribution in [0.4, 0.5) is 0 Å². The Morgan fingerprint density at radius 3 is 2.00 bits per heavy atom. The summed E-state index contributed by atoms with van der Waals surface area (Å²) in [7, 11) is 3.15. The van der Waals surface area contributed by atoms with Crippen molar-refractivity contribution in [3.8, 4) is 34.5 Å². The molecule has 0 saturated carbocycles. The van der Waals surface area contributed by atoms with E-state index in [-0.39, 0.29) is 5.78 Å². The van der Waals surface area contributed by atoms with E-state index in [2.05, 4.69) is 0 Å². The number of carbonyl (C=O) groups excluding carboxylic acids is 1. The summed E-state index contributed by atoms with van der Waals surface area (Å²) in [6.45, 7) is 1.03. The van der Waals surface area contributed by atoms with Crippen LogP contribution in [0, 0.1) is 0 Å². The van der Waals surface area contributed by atoms with Crippen molar-refractivity contribution in [1.82, 2.24) is 0 Å². The van der Waals surface area contributed by atoms with Crippen molar-refractivity contribution in [1.29, 1.82) is 0 Å². The van der Waals surface area contributed by atoms with E-state index in [0.29, 0.717) is 68.3 Å². The number of ketones is 1. The molecule has 4 aromatic carbocycles. The average Bonchev–Trinajstić information content (AvgIpc) is 3.01. The Morgan fingerprint density at radius 1 is 0.651 bits per heavy atom. The molecule has 0 unspecified atom stereocenters. The molecule has 4 rings (SSSR count). The van der Waals surface area contributed by atoms with Gasteiger partial charge in [0.25, 0.3) is 0 Å². The Balaban J connectivity index is 1.18. The molecule has 0 aliphatic heterocycles. The minimum absolute atomic E-state index is 0.106. The molecule has 9 heteroatoms. The van der Waals surface area contributed by atoms with Gasteiger partial charge in [-0.05, 0) is 97.6 Å². The number of hydrogen-bond donors (Lipinski definition) is 0. The maximum Gasteiger partial charge on any atom is 0.185 e. The molecule has 0 aliphatic rings. The molecule has 0 spiro atoms. The molecule has 0 aliphatic carbocycles. The minimum atomic E-state index is -0.106. The second-order valence-electron chi connectivity index (χ2n) is 9.36. The van der Waals surface area contributed by atoms with Crippen molar-refractivity contribution in [2.24, 2.45) is 0 Å². The fourth-order valence-electron chi connectivity index (χ4n) is 4.05. The van der Waals surface area contributed by atoms with Gasteiger partial charge in [-0.1, -0.05) is 46.9 Å². The Labute approximate surface area is 266 Å². The highest BCUT2D eigenvalue weighted by molar-refractivity contribution is 6.35. The van der Waals surface area contributed by atoms with Gasteiger partial charge < -0.3 is 23.7 Å². The van der Waals surface area contributed by atoms with Crippen LogP contribution in [0.3, 0.4) is 0 Å². The van der Waals surface area contributed by atoms with Gasteiger partial charge in [-0.3, -0.25) is 4.79 Å². The summed E-state index contributed by atoms with van der Waals surface area (Å²) in [6, 6.07) is 22.8. The largest absolute Gasteiger partial charge is 0.494 e. The monoisotopic (exact) mass is 640 g/mol. The molecule has 0 saturated heterocycles. The van der Waals surface area contributed by atoms with E-state index in [1.165, 1.54) is 6.08 Å². The average molecular weight is 642 g/mol. The van der Waals surface area contributed by atoms with Crippen LogP contribution < -0.4 is 23.7 Å². The molecule has 0 aromatic heterocycles. The van der Waals surface area contributed by atoms with Crippen LogP contribution in [0.5, 0.6) is 34.5 Å². The number of rotatable bonds is 15. The van der Waals surface area contributed by atoms with E-state index in [4.69, 9.17) is 58.5 Å². The summed E-state index contributed by atoms with van der Waals surface area (Å²) in [6.07, 6.45) is 5.84. The van der Waals surface area contributed by atoms with E-state index in [1.807, 2.05) is 12.1 Å². The van der Waals surface area contributed by atoms with Gasteiger partial charge in [0.2, 0.25) is 0 Å². The van der Waals surface area contributed by atoms with Crippen LogP contribution in [0.15, 0.2) is 84.9 Å². The van der Waals surface area contributed by atoms with Gasteiger partial charge in [0.05, 0.1) is 32.5 Å². The van der Waals surface area contributed by atoms with E-state index in [0.717, 1.165) is 24.8 Å². The maximum atomic E-state index is 12.6. The van der Waals surface area contributed by atoms with Crippen LogP contribution in [0.2, 0.25) is 15.1 Å². The van der Waals surface area contributed by atoms with Crippen molar-refractivity contribution < 1.29 is 28.5 Å². The molecule has 0 heterocycles. The molecule has 0 bridgehead atoms. The Kier molecular flexibility index (Phi) is 12.0. The smallest absolute Gasteiger partial charge is 0.185 e. The number of ether oxygens (including phenoxy) is 5. The number of allylic oxidation sites excluding steroid dienone is 1. The van der Waals surface area contributed by atoms with Gasteiger partial charge in [-0.2, -0.15) is 0 Å². The lowest BCUT2D eigenvalue weighted by atomic mass is 10.1. The first-order valence-corrected chi connectivity index (χ1v) is 14.7. The number of methoxy groups -OCH3 is 2. The summed E-state index contributed by atoms with van der Waals surface area (Å²) >= 11 is 18.4. The summed E-state index contributed by atoms with van der Waals surface area (Å²) in [4.78, 5) is 12.6. The molecule has 4 aromatic rings. The first-order chi connectivity index (χ1) is 20.9. The Hall–Kier alpha value is -3.84. The third kappa shape index (κ3) is 9.58. The summed E-state index contributed by atoms with van der Waals surface area (Å²) in [5.74, 6) is 3.35. The maximum absolute atomic E-state index is 12.6. The van der Waals surface area contributed by atoms with E-state index < -0.39 is 0 Å². The highest BCUT2D eigenvalue weighted by Gasteiger charge is 2.11. The van der Waals surface area contributed by atoms with Gasteiger partial charge in [0, 0.05) is 21.7 Å². The highest BCUT2D eigenvalue weighted by atomic mass is 35.5. The molecule has 0 N–H and O–H groups in total. The van der Waals surface area contributed by atoms with Crippen molar-refractivity contribution in [3.05, 3.63) is 111 Å². The van der Waals surface area contributed by atoms with Gasteiger partial charge >= 0.3 is 0 Å². The molecule has 0 atom stereocenters. The number of halogens is 3. The lowest BCUT2D eigenvalue weighted by Crippen LogP contribution is -2.02. The van der Waals surface area contributed by atoms with Crippen LogP contribution in [0.25, 0.3) is 6.08 Å². The molecular formula is C34H31Cl3O6. The van der Waals surface area contributed by atoms with Gasteiger partial charge in [0.15, 0.2) is 28.8 Å². The fraction of sp³-hybridized carbons (Fsp3) is 0.206. The molecule has 224 valence electrons. The van der Waals surface area contributed by atoms with Crippen molar-refractivity contribution >= 4 is 46.7 Å². The number of hydrogen-bond acceptors (Lipinski definition) is 6. The number of benzene rings is 4. The molecule has 0 amide bonds. The van der Waals surface area contributed by atoms with E-state index >= 15 is 0 Å². The van der Waals surface area contributed by atoms with Crippen LogP contribution in [-0.2, 0) is 0 Å². The normalized spacial score (nSPS) is 10.9. The van der Waals surface area contributed by atoms with Crippen molar-refractivity contribution in [2.45, 2.75) is 19.3 Å².